The Kier molecular flexibility index (Phi) is 5.45. The van der Waals surface area contributed by atoms with Gasteiger partial charge in [0.1, 0.15) is 0 Å². The van der Waals surface area contributed by atoms with Crippen molar-refractivity contribution in [3.8, 4) is 0 Å². The molecule has 0 aliphatic rings. The van der Waals surface area contributed by atoms with E-state index in [9.17, 15) is 5.11 Å². The maximum atomic E-state index is 10.4. The zero-order valence-corrected chi connectivity index (χ0v) is 12.3. The Bertz CT molecular complexity index is 512. The van der Waals surface area contributed by atoms with Crippen LogP contribution in [0.4, 0.5) is 5.69 Å². The number of aliphatic hydroxyl groups is 1. The summed E-state index contributed by atoms with van der Waals surface area (Å²) in [5.74, 6) is 0. The summed E-state index contributed by atoms with van der Waals surface area (Å²) in [5, 5.41) is 14.5. The third kappa shape index (κ3) is 3.99. The Hall–Kier alpha value is -1.51. The largest absolute Gasteiger partial charge is 0.391 e. The van der Waals surface area contributed by atoms with Gasteiger partial charge in [-0.1, -0.05) is 55.3 Å². The molecule has 0 aliphatic carbocycles. The van der Waals surface area contributed by atoms with Crippen molar-refractivity contribution in [3.63, 3.8) is 0 Å². The molecule has 20 heavy (non-hydrogen) atoms. The van der Waals surface area contributed by atoms with Crippen molar-refractivity contribution in [2.45, 2.75) is 31.9 Å². The van der Waals surface area contributed by atoms with Crippen LogP contribution in [0, 0.1) is 0 Å². The molecule has 0 saturated carbocycles. The average molecular weight is 290 g/mol. The maximum Gasteiger partial charge on any atom is 0.0783 e. The summed E-state index contributed by atoms with van der Waals surface area (Å²) in [4.78, 5) is 0. The van der Waals surface area contributed by atoms with Crippen LogP contribution in [0.2, 0.25) is 5.02 Å². The first-order valence-electron chi connectivity index (χ1n) is 6.96. The van der Waals surface area contributed by atoms with Gasteiger partial charge in [-0.05, 0) is 36.2 Å². The van der Waals surface area contributed by atoms with Crippen LogP contribution in [0.5, 0.6) is 0 Å². The summed E-state index contributed by atoms with van der Waals surface area (Å²) >= 11 is 5.90. The van der Waals surface area contributed by atoms with Crippen molar-refractivity contribution in [2.75, 3.05) is 5.32 Å². The summed E-state index contributed by atoms with van der Waals surface area (Å²) in [5.41, 5.74) is 2.04. The van der Waals surface area contributed by atoms with Crippen molar-refractivity contribution < 1.29 is 5.11 Å². The van der Waals surface area contributed by atoms with E-state index in [1.165, 1.54) is 0 Å². The van der Waals surface area contributed by atoms with Crippen LogP contribution >= 0.6 is 11.6 Å². The number of hydrogen-bond donors (Lipinski definition) is 2. The summed E-state index contributed by atoms with van der Waals surface area (Å²) in [6, 6.07) is 17.5. The lowest BCUT2D eigenvalue weighted by Gasteiger charge is -2.25. The van der Waals surface area contributed by atoms with Gasteiger partial charge in [0.25, 0.3) is 0 Å². The van der Waals surface area contributed by atoms with Crippen LogP contribution in [0.3, 0.4) is 0 Å². The molecule has 106 valence electrons. The van der Waals surface area contributed by atoms with Crippen molar-refractivity contribution >= 4 is 17.3 Å². The van der Waals surface area contributed by atoms with Gasteiger partial charge < -0.3 is 10.4 Å². The van der Waals surface area contributed by atoms with Crippen molar-refractivity contribution in [1.82, 2.24) is 0 Å². The number of halogens is 1. The van der Waals surface area contributed by atoms with Crippen molar-refractivity contribution in [2.24, 2.45) is 0 Å². The second-order valence-electron chi connectivity index (χ2n) is 4.90. The minimum atomic E-state index is -0.418. The maximum absolute atomic E-state index is 10.4. The number of benzene rings is 2. The van der Waals surface area contributed by atoms with Gasteiger partial charge in [0.2, 0.25) is 0 Å². The smallest absolute Gasteiger partial charge is 0.0783 e. The van der Waals surface area contributed by atoms with Crippen LogP contribution in [0.1, 0.15) is 31.4 Å². The van der Waals surface area contributed by atoms with E-state index in [0.717, 1.165) is 24.1 Å². The molecular formula is C17H20ClNO. The van der Waals surface area contributed by atoms with Crippen molar-refractivity contribution in [3.05, 3.63) is 65.2 Å². The standard InChI is InChI=1S/C17H20ClNO/c1-2-6-16(20)17(13-7-4-3-5-8-13)19-15-11-9-14(18)10-12-15/h3-5,7-12,16-17,19-20H,2,6H2,1H3/t16-,17-/m0/s1. The van der Waals surface area contributed by atoms with Gasteiger partial charge in [0, 0.05) is 10.7 Å². The van der Waals surface area contributed by atoms with Crippen LogP contribution in [-0.4, -0.2) is 11.2 Å². The van der Waals surface area contributed by atoms with E-state index in [0.29, 0.717) is 5.02 Å². The van der Waals surface area contributed by atoms with Gasteiger partial charge >= 0.3 is 0 Å². The zero-order valence-electron chi connectivity index (χ0n) is 11.6. The minimum absolute atomic E-state index is 0.114. The van der Waals surface area contributed by atoms with Crippen LogP contribution in [0.15, 0.2) is 54.6 Å². The van der Waals surface area contributed by atoms with Gasteiger partial charge in [-0.2, -0.15) is 0 Å². The van der Waals surface area contributed by atoms with Crippen LogP contribution in [-0.2, 0) is 0 Å². The number of rotatable bonds is 6. The molecule has 2 nitrogen and oxygen atoms in total. The fourth-order valence-corrected chi connectivity index (χ4v) is 2.38. The SMILES string of the molecule is CCC[C@H](O)[C@@H](Nc1ccc(Cl)cc1)c1ccccc1. The Labute approximate surface area is 125 Å². The van der Waals surface area contributed by atoms with Gasteiger partial charge in [-0.25, -0.2) is 0 Å². The van der Waals surface area contributed by atoms with Gasteiger partial charge in [0.15, 0.2) is 0 Å². The van der Waals surface area contributed by atoms with Crippen molar-refractivity contribution in [1.29, 1.82) is 0 Å². The predicted octanol–water partition coefficient (Wildman–Crippen LogP) is 4.65. The third-order valence-corrected chi connectivity index (χ3v) is 3.55. The highest BCUT2D eigenvalue weighted by atomic mass is 35.5. The molecule has 0 amide bonds. The van der Waals surface area contributed by atoms with E-state index < -0.39 is 6.10 Å². The molecule has 0 fully saturated rings. The van der Waals surface area contributed by atoms with Gasteiger partial charge in [-0.15, -0.1) is 0 Å². The highest BCUT2D eigenvalue weighted by Gasteiger charge is 2.20. The number of nitrogens with one attached hydrogen (secondary N) is 1. The molecule has 2 atom stereocenters. The molecule has 2 N–H and O–H groups in total. The monoisotopic (exact) mass is 289 g/mol. The molecular weight excluding hydrogens is 270 g/mol. The molecule has 0 aromatic heterocycles. The Morgan fingerprint density at radius 3 is 2.30 bits per heavy atom. The molecule has 0 heterocycles. The van der Waals surface area contributed by atoms with E-state index in [1.54, 1.807) is 0 Å². The summed E-state index contributed by atoms with van der Waals surface area (Å²) in [6.07, 6.45) is 1.30. The lowest BCUT2D eigenvalue weighted by atomic mass is 9.98. The highest BCUT2D eigenvalue weighted by Crippen LogP contribution is 2.25. The van der Waals surface area contributed by atoms with E-state index in [1.807, 2.05) is 54.6 Å². The number of aliphatic hydroxyl groups excluding tert-OH is 1. The quantitative estimate of drug-likeness (QED) is 0.811. The van der Waals surface area contributed by atoms with Crippen LogP contribution < -0.4 is 5.32 Å². The molecule has 3 heteroatoms. The molecule has 0 bridgehead atoms. The molecule has 0 aliphatic heterocycles. The molecule has 0 radical (unpaired) electrons. The first-order chi connectivity index (χ1) is 9.70. The lowest BCUT2D eigenvalue weighted by Crippen LogP contribution is -2.25. The normalized spacial score (nSPS) is 13.8. The summed E-state index contributed by atoms with van der Waals surface area (Å²) < 4.78 is 0. The van der Waals surface area contributed by atoms with Crippen LogP contribution in [0.25, 0.3) is 0 Å². The minimum Gasteiger partial charge on any atom is -0.391 e. The fraction of sp³-hybridized carbons (Fsp3) is 0.294. The highest BCUT2D eigenvalue weighted by molar-refractivity contribution is 6.30. The van der Waals surface area contributed by atoms with Gasteiger partial charge in [-0.3, -0.25) is 0 Å². The topological polar surface area (TPSA) is 32.3 Å². The molecule has 2 rings (SSSR count). The van der Waals surface area contributed by atoms with E-state index in [4.69, 9.17) is 11.6 Å². The van der Waals surface area contributed by atoms with E-state index >= 15 is 0 Å². The lowest BCUT2D eigenvalue weighted by molar-refractivity contribution is 0.142. The zero-order chi connectivity index (χ0) is 14.4. The molecule has 0 unspecified atom stereocenters. The predicted molar refractivity (Wildman–Crippen MR) is 85.2 cm³/mol. The number of anilines is 1. The fourth-order valence-electron chi connectivity index (χ4n) is 2.25. The summed E-state index contributed by atoms with van der Waals surface area (Å²) in [6.45, 7) is 2.08. The second kappa shape index (κ2) is 7.32. The first-order valence-corrected chi connectivity index (χ1v) is 7.33. The van der Waals surface area contributed by atoms with Gasteiger partial charge in [0.05, 0.1) is 12.1 Å². The molecule has 2 aromatic carbocycles. The Balaban J connectivity index is 2.20. The molecule has 0 spiro atoms. The average Bonchev–Trinajstić information content (AvgIpc) is 2.48. The Morgan fingerprint density at radius 1 is 1.05 bits per heavy atom. The number of hydrogen-bond acceptors (Lipinski definition) is 2. The molecule has 0 saturated heterocycles. The molecule has 2 aromatic rings. The summed E-state index contributed by atoms with van der Waals surface area (Å²) in [7, 11) is 0. The first kappa shape index (κ1) is 14.9. The third-order valence-electron chi connectivity index (χ3n) is 3.29. The van der Waals surface area contributed by atoms with E-state index in [2.05, 4.69) is 12.2 Å². The second-order valence-corrected chi connectivity index (χ2v) is 5.33. The Morgan fingerprint density at radius 2 is 1.70 bits per heavy atom. The van der Waals surface area contributed by atoms with E-state index in [-0.39, 0.29) is 6.04 Å².